The molecule has 0 atom stereocenters. The van der Waals surface area contributed by atoms with Gasteiger partial charge < -0.3 is 10.3 Å². The highest BCUT2D eigenvalue weighted by atomic mass is 16.1. The van der Waals surface area contributed by atoms with Crippen molar-refractivity contribution in [1.82, 2.24) is 29.1 Å². The molecule has 3 heterocycles. The van der Waals surface area contributed by atoms with E-state index < -0.39 is 0 Å². The standard InChI is InChI=1S/C20H21N7O/c1-12-5-4-8-14-16(12)20(28)27(13-6-2-3-7-13)15(25-14)9-26-11-24-17-18(21)22-10-23-19(17)26/h4-5,8,10-11,13H,2-3,6-7,9H2,1H3,(H2,21,22,23). The summed E-state index contributed by atoms with van der Waals surface area (Å²) < 4.78 is 3.78. The van der Waals surface area contributed by atoms with Gasteiger partial charge in [0.25, 0.3) is 5.56 Å². The number of hydrogen-bond donors (Lipinski definition) is 1. The van der Waals surface area contributed by atoms with Gasteiger partial charge in [-0.1, -0.05) is 25.0 Å². The van der Waals surface area contributed by atoms with Crippen LogP contribution in [0.2, 0.25) is 0 Å². The van der Waals surface area contributed by atoms with Gasteiger partial charge in [0.1, 0.15) is 17.7 Å². The lowest BCUT2D eigenvalue weighted by molar-refractivity contribution is 0.469. The van der Waals surface area contributed by atoms with E-state index in [9.17, 15) is 4.79 Å². The molecule has 0 unspecified atom stereocenters. The minimum Gasteiger partial charge on any atom is -0.382 e. The van der Waals surface area contributed by atoms with Crippen molar-refractivity contribution in [3.8, 4) is 0 Å². The van der Waals surface area contributed by atoms with Crippen LogP contribution in [0.5, 0.6) is 0 Å². The van der Waals surface area contributed by atoms with Gasteiger partial charge in [-0.05, 0) is 31.4 Å². The summed E-state index contributed by atoms with van der Waals surface area (Å²) in [7, 11) is 0. The Kier molecular flexibility index (Phi) is 3.85. The first-order valence-electron chi connectivity index (χ1n) is 9.55. The number of aryl methyl sites for hydroxylation is 1. The second-order valence-corrected chi connectivity index (χ2v) is 7.41. The van der Waals surface area contributed by atoms with Gasteiger partial charge >= 0.3 is 0 Å². The van der Waals surface area contributed by atoms with Crippen molar-refractivity contribution in [3.05, 3.63) is 52.6 Å². The minimum atomic E-state index is 0.0450. The SMILES string of the molecule is Cc1cccc2nc(Cn3cnc4c(N)ncnc43)n(C3CCCC3)c(=O)c12. The summed E-state index contributed by atoms with van der Waals surface area (Å²) in [6.07, 6.45) is 7.40. The summed E-state index contributed by atoms with van der Waals surface area (Å²) in [6, 6.07) is 5.99. The topological polar surface area (TPSA) is 105 Å². The average Bonchev–Trinajstić information content (AvgIpc) is 3.33. The molecule has 1 aliphatic rings. The van der Waals surface area contributed by atoms with Gasteiger partial charge in [-0.25, -0.2) is 19.9 Å². The number of benzene rings is 1. The van der Waals surface area contributed by atoms with Crippen molar-refractivity contribution < 1.29 is 0 Å². The van der Waals surface area contributed by atoms with Crippen molar-refractivity contribution in [3.63, 3.8) is 0 Å². The fraction of sp³-hybridized carbons (Fsp3) is 0.350. The van der Waals surface area contributed by atoms with Crippen LogP contribution in [0.25, 0.3) is 22.1 Å². The molecule has 0 amide bonds. The number of hydrogen-bond acceptors (Lipinski definition) is 6. The van der Waals surface area contributed by atoms with Crippen LogP contribution in [0, 0.1) is 6.92 Å². The average molecular weight is 375 g/mol. The molecule has 8 nitrogen and oxygen atoms in total. The molecule has 2 N–H and O–H groups in total. The molecule has 0 radical (unpaired) electrons. The Morgan fingerprint density at radius 2 is 2.00 bits per heavy atom. The third kappa shape index (κ3) is 2.56. The summed E-state index contributed by atoms with van der Waals surface area (Å²) in [5.74, 6) is 1.07. The van der Waals surface area contributed by atoms with E-state index in [0.717, 1.165) is 42.6 Å². The fourth-order valence-corrected chi connectivity index (χ4v) is 4.27. The number of anilines is 1. The first kappa shape index (κ1) is 16.9. The van der Waals surface area contributed by atoms with E-state index in [0.29, 0.717) is 28.9 Å². The molecule has 28 heavy (non-hydrogen) atoms. The maximum atomic E-state index is 13.5. The lowest BCUT2D eigenvalue weighted by Crippen LogP contribution is -2.29. The Balaban J connectivity index is 1.72. The maximum absolute atomic E-state index is 13.5. The zero-order valence-electron chi connectivity index (χ0n) is 15.7. The second kappa shape index (κ2) is 6.40. The summed E-state index contributed by atoms with van der Waals surface area (Å²) in [5.41, 5.74) is 8.85. The van der Waals surface area contributed by atoms with Crippen LogP contribution in [0.4, 0.5) is 5.82 Å². The third-order valence-electron chi connectivity index (χ3n) is 5.64. The van der Waals surface area contributed by atoms with Crippen molar-refractivity contribution >= 4 is 27.9 Å². The molecule has 8 heteroatoms. The zero-order valence-corrected chi connectivity index (χ0v) is 15.7. The molecule has 5 rings (SSSR count). The summed E-state index contributed by atoms with van der Waals surface area (Å²) in [5, 5.41) is 0.709. The van der Waals surface area contributed by atoms with Crippen LogP contribution in [0.15, 0.2) is 35.6 Å². The van der Waals surface area contributed by atoms with Crippen LogP contribution in [-0.2, 0) is 6.54 Å². The molecule has 142 valence electrons. The second-order valence-electron chi connectivity index (χ2n) is 7.41. The van der Waals surface area contributed by atoms with Gasteiger partial charge in [0.15, 0.2) is 11.5 Å². The molecule has 3 aromatic heterocycles. The highest BCUT2D eigenvalue weighted by Crippen LogP contribution is 2.30. The molecule has 0 aliphatic heterocycles. The Morgan fingerprint density at radius 1 is 1.18 bits per heavy atom. The quantitative estimate of drug-likeness (QED) is 0.590. The smallest absolute Gasteiger partial charge is 0.261 e. The van der Waals surface area contributed by atoms with Crippen LogP contribution in [0.1, 0.15) is 43.1 Å². The van der Waals surface area contributed by atoms with E-state index in [2.05, 4.69) is 15.0 Å². The van der Waals surface area contributed by atoms with Gasteiger partial charge in [-0.15, -0.1) is 0 Å². The molecule has 4 aromatic rings. The number of fused-ring (bicyclic) bond motifs is 2. The zero-order chi connectivity index (χ0) is 19.3. The molecule has 1 saturated carbocycles. The molecule has 1 aliphatic carbocycles. The first-order chi connectivity index (χ1) is 13.6. The molecule has 0 saturated heterocycles. The van der Waals surface area contributed by atoms with Crippen LogP contribution < -0.4 is 11.3 Å². The lowest BCUT2D eigenvalue weighted by Gasteiger charge is -2.20. The largest absolute Gasteiger partial charge is 0.382 e. The number of rotatable bonds is 3. The van der Waals surface area contributed by atoms with Crippen LogP contribution in [-0.4, -0.2) is 29.1 Å². The molecule has 1 aromatic carbocycles. The van der Waals surface area contributed by atoms with Gasteiger partial charge in [0.05, 0.1) is 23.8 Å². The van der Waals surface area contributed by atoms with Crippen molar-refractivity contribution in [1.29, 1.82) is 0 Å². The minimum absolute atomic E-state index is 0.0450. The number of imidazole rings is 1. The van der Waals surface area contributed by atoms with Crippen LogP contribution >= 0.6 is 0 Å². The highest BCUT2D eigenvalue weighted by molar-refractivity contribution is 5.82. The van der Waals surface area contributed by atoms with E-state index >= 15 is 0 Å². The predicted octanol–water partition coefficient (Wildman–Crippen LogP) is 2.59. The Morgan fingerprint density at radius 3 is 2.82 bits per heavy atom. The molecule has 0 spiro atoms. The molecular weight excluding hydrogens is 354 g/mol. The first-order valence-corrected chi connectivity index (χ1v) is 9.55. The summed E-state index contributed by atoms with van der Waals surface area (Å²) in [4.78, 5) is 31.0. The number of nitrogens with zero attached hydrogens (tertiary/aromatic N) is 6. The van der Waals surface area contributed by atoms with Gasteiger partial charge in [-0.3, -0.25) is 9.36 Å². The third-order valence-corrected chi connectivity index (χ3v) is 5.64. The predicted molar refractivity (Wildman–Crippen MR) is 107 cm³/mol. The highest BCUT2D eigenvalue weighted by Gasteiger charge is 2.24. The molecular formula is C20H21N7O. The van der Waals surface area contributed by atoms with E-state index in [1.165, 1.54) is 6.33 Å². The van der Waals surface area contributed by atoms with E-state index in [1.54, 1.807) is 6.33 Å². The van der Waals surface area contributed by atoms with E-state index in [1.807, 2.05) is 34.3 Å². The van der Waals surface area contributed by atoms with E-state index in [-0.39, 0.29) is 11.6 Å². The van der Waals surface area contributed by atoms with Crippen molar-refractivity contribution in [2.75, 3.05) is 5.73 Å². The molecule has 0 bridgehead atoms. The lowest BCUT2D eigenvalue weighted by atomic mass is 10.1. The monoisotopic (exact) mass is 375 g/mol. The summed E-state index contributed by atoms with van der Waals surface area (Å²) in [6.45, 7) is 2.37. The molecule has 1 fully saturated rings. The Labute approximate surface area is 161 Å². The number of nitrogens with two attached hydrogens (primary N) is 1. The fourth-order valence-electron chi connectivity index (χ4n) is 4.27. The number of nitrogen functional groups attached to an aromatic ring is 1. The van der Waals surface area contributed by atoms with Gasteiger partial charge in [-0.2, -0.15) is 0 Å². The van der Waals surface area contributed by atoms with Gasteiger partial charge in [0.2, 0.25) is 0 Å². The van der Waals surface area contributed by atoms with Crippen molar-refractivity contribution in [2.24, 2.45) is 0 Å². The van der Waals surface area contributed by atoms with Crippen molar-refractivity contribution in [2.45, 2.75) is 45.2 Å². The Bertz CT molecular complexity index is 1250. The summed E-state index contributed by atoms with van der Waals surface area (Å²) >= 11 is 0. The number of aromatic nitrogens is 6. The normalized spacial score (nSPS) is 15.0. The maximum Gasteiger partial charge on any atom is 0.261 e. The Hall–Kier alpha value is -3.29. The van der Waals surface area contributed by atoms with Crippen LogP contribution in [0.3, 0.4) is 0 Å². The van der Waals surface area contributed by atoms with E-state index in [4.69, 9.17) is 10.7 Å². The van der Waals surface area contributed by atoms with Gasteiger partial charge in [0, 0.05) is 6.04 Å².